The fourth-order valence-corrected chi connectivity index (χ4v) is 5.01. The third-order valence-corrected chi connectivity index (χ3v) is 7.38. The normalized spacial score (nSPS) is 25.0. The third kappa shape index (κ3) is 4.95. The molecular formula is C25H24Cl2N2O5. The molecular weight excluding hydrogens is 479 g/mol. The maximum atomic E-state index is 12.9. The Labute approximate surface area is 207 Å². The summed E-state index contributed by atoms with van der Waals surface area (Å²) in [5.41, 5.74) is 1.50. The highest BCUT2D eigenvalue weighted by atomic mass is 35.5. The topological polar surface area (TPSA) is 92.8 Å². The van der Waals surface area contributed by atoms with Gasteiger partial charge < -0.3 is 10.1 Å². The van der Waals surface area contributed by atoms with Crippen molar-refractivity contribution < 1.29 is 23.9 Å². The molecule has 34 heavy (non-hydrogen) atoms. The summed E-state index contributed by atoms with van der Waals surface area (Å²) < 4.78 is 5.11. The summed E-state index contributed by atoms with van der Waals surface area (Å²) in [4.78, 5) is 51.4. The van der Waals surface area contributed by atoms with Crippen molar-refractivity contribution >= 4 is 52.6 Å². The van der Waals surface area contributed by atoms with Crippen LogP contribution in [0.15, 0.2) is 54.6 Å². The summed E-state index contributed by atoms with van der Waals surface area (Å²) in [6.45, 7) is 1.41. The predicted octanol–water partition coefficient (Wildman–Crippen LogP) is 3.84. The highest BCUT2D eigenvalue weighted by molar-refractivity contribution is 6.31. The highest BCUT2D eigenvalue weighted by Crippen LogP contribution is 2.43. The molecule has 1 aliphatic carbocycles. The maximum absolute atomic E-state index is 12.9. The first-order valence-corrected chi connectivity index (χ1v) is 11.9. The lowest BCUT2D eigenvalue weighted by atomic mass is 9.80. The number of carbonyl (C=O) groups excluding carboxylic acids is 4. The van der Waals surface area contributed by atoms with Gasteiger partial charge in [-0.3, -0.25) is 19.3 Å². The van der Waals surface area contributed by atoms with E-state index in [1.165, 1.54) is 24.3 Å². The highest BCUT2D eigenvalue weighted by Gasteiger charge is 2.52. The number of alkyl halides is 2. The zero-order valence-electron chi connectivity index (χ0n) is 18.4. The maximum Gasteiger partial charge on any atom is 0.338 e. The number of hydrogen-bond acceptors (Lipinski definition) is 5. The molecule has 1 N–H and O–H groups in total. The fraction of sp³-hybridized carbons (Fsp3) is 0.360. The van der Waals surface area contributed by atoms with Crippen LogP contribution in [0.3, 0.4) is 0 Å². The van der Waals surface area contributed by atoms with Crippen LogP contribution in [0.5, 0.6) is 0 Å². The number of rotatable bonds is 6. The number of imide groups is 1. The minimum Gasteiger partial charge on any atom is -0.452 e. The van der Waals surface area contributed by atoms with E-state index in [1.54, 1.807) is 0 Å². The first-order chi connectivity index (χ1) is 16.3. The van der Waals surface area contributed by atoms with E-state index in [0.717, 1.165) is 10.5 Å². The van der Waals surface area contributed by atoms with Crippen LogP contribution in [0, 0.1) is 11.8 Å². The number of benzene rings is 2. The van der Waals surface area contributed by atoms with Crippen molar-refractivity contribution in [3.05, 3.63) is 65.7 Å². The molecule has 7 nitrogen and oxygen atoms in total. The summed E-state index contributed by atoms with van der Waals surface area (Å²) in [6.07, 6.45) is 0.716. The summed E-state index contributed by atoms with van der Waals surface area (Å²) in [6, 6.07) is 15.1. The van der Waals surface area contributed by atoms with Gasteiger partial charge in [0, 0.05) is 0 Å². The van der Waals surface area contributed by atoms with E-state index in [1.807, 2.05) is 37.3 Å². The molecule has 1 saturated heterocycles. The second kappa shape index (κ2) is 10.2. The zero-order valence-corrected chi connectivity index (χ0v) is 20.0. The fourth-order valence-electron chi connectivity index (χ4n) is 4.42. The third-order valence-electron chi connectivity index (χ3n) is 6.28. The SMILES string of the molecule is C[C@H](NC(=O)COC(=O)c1ccc(N2C(=O)[C@@H]3C[C@H](Cl)[C@@H](Cl)C[C@H]3C2=O)cc1)c1ccccc1. The molecule has 2 aromatic carbocycles. The standard InChI is InChI=1S/C25H24Cl2N2O5/c1-14(15-5-3-2-4-6-15)28-22(30)13-34-25(33)16-7-9-17(10-8-16)29-23(31)18-11-20(26)21(27)12-19(18)24(29)32/h2-10,14,18-21H,11-13H2,1H3,(H,28,30)/t14-,18+,19+,20-,21-/m0/s1. The number of hydrogen-bond donors (Lipinski definition) is 1. The van der Waals surface area contributed by atoms with Crippen LogP contribution >= 0.6 is 23.2 Å². The van der Waals surface area contributed by atoms with E-state index in [2.05, 4.69) is 5.32 Å². The van der Waals surface area contributed by atoms with Crippen molar-refractivity contribution in [2.75, 3.05) is 11.5 Å². The van der Waals surface area contributed by atoms with Gasteiger partial charge in [0.15, 0.2) is 6.61 Å². The van der Waals surface area contributed by atoms with Gasteiger partial charge >= 0.3 is 5.97 Å². The molecule has 3 amide bonds. The van der Waals surface area contributed by atoms with Gasteiger partial charge in [-0.15, -0.1) is 23.2 Å². The summed E-state index contributed by atoms with van der Waals surface area (Å²) in [5.74, 6) is -2.67. The Balaban J connectivity index is 1.34. The summed E-state index contributed by atoms with van der Waals surface area (Å²) in [7, 11) is 0. The average Bonchev–Trinajstić information content (AvgIpc) is 3.07. The van der Waals surface area contributed by atoms with Crippen LogP contribution in [0.1, 0.15) is 41.7 Å². The molecule has 0 bridgehead atoms. The molecule has 1 heterocycles. The second-order valence-corrected chi connectivity index (χ2v) is 9.67. The number of ether oxygens (including phenoxy) is 1. The van der Waals surface area contributed by atoms with Crippen LogP contribution in [-0.2, 0) is 19.1 Å². The number of fused-ring (bicyclic) bond motifs is 1. The lowest BCUT2D eigenvalue weighted by Crippen LogP contribution is -2.34. The summed E-state index contributed by atoms with van der Waals surface area (Å²) in [5, 5.41) is 2.06. The van der Waals surface area contributed by atoms with Crippen molar-refractivity contribution in [1.29, 1.82) is 0 Å². The molecule has 0 radical (unpaired) electrons. The van der Waals surface area contributed by atoms with Gasteiger partial charge in [0.2, 0.25) is 11.8 Å². The quantitative estimate of drug-likeness (QED) is 0.368. The first-order valence-electron chi connectivity index (χ1n) is 11.0. The van der Waals surface area contributed by atoms with E-state index >= 15 is 0 Å². The van der Waals surface area contributed by atoms with Crippen molar-refractivity contribution in [3.63, 3.8) is 0 Å². The minimum absolute atomic E-state index is 0.200. The van der Waals surface area contributed by atoms with Gasteiger partial charge in [-0.1, -0.05) is 30.3 Å². The van der Waals surface area contributed by atoms with E-state index in [0.29, 0.717) is 18.5 Å². The van der Waals surface area contributed by atoms with E-state index in [4.69, 9.17) is 27.9 Å². The largest absolute Gasteiger partial charge is 0.452 e. The molecule has 2 fully saturated rings. The Morgan fingerprint density at radius 2 is 1.53 bits per heavy atom. The lowest BCUT2D eigenvalue weighted by molar-refractivity contribution is -0.125. The number of nitrogens with one attached hydrogen (secondary N) is 1. The zero-order chi connectivity index (χ0) is 24.4. The Bertz CT molecular complexity index is 1060. The van der Waals surface area contributed by atoms with Gasteiger partial charge in [0.1, 0.15) is 0 Å². The molecule has 2 aromatic rings. The number of nitrogens with zero attached hydrogens (tertiary/aromatic N) is 1. The molecule has 1 saturated carbocycles. The number of halogens is 2. The first kappa shape index (κ1) is 24.2. The molecule has 0 unspecified atom stereocenters. The Kier molecular flexibility index (Phi) is 7.24. The van der Waals surface area contributed by atoms with Gasteiger partial charge in [0.25, 0.3) is 5.91 Å². The summed E-state index contributed by atoms with van der Waals surface area (Å²) >= 11 is 12.4. The molecule has 5 atom stereocenters. The Morgan fingerprint density at radius 3 is 2.09 bits per heavy atom. The van der Waals surface area contributed by atoms with Crippen LogP contribution in [0.25, 0.3) is 0 Å². The Morgan fingerprint density at radius 1 is 0.971 bits per heavy atom. The Hall–Kier alpha value is -2.90. The van der Waals surface area contributed by atoms with E-state index < -0.39 is 30.3 Å². The molecule has 2 aliphatic rings. The van der Waals surface area contributed by atoms with Crippen LogP contribution in [0.2, 0.25) is 0 Å². The molecule has 0 spiro atoms. The van der Waals surface area contributed by atoms with Crippen molar-refractivity contribution in [3.8, 4) is 0 Å². The van der Waals surface area contributed by atoms with E-state index in [-0.39, 0.29) is 34.2 Å². The number of amides is 3. The van der Waals surface area contributed by atoms with Crippen molar-refractivity contribution in [2.24, 2.45) is 11.8 Å². The monoisotopic (exact) mass is 502 g/mol. The van der Waals surface area contributed by atoms with Gasteiger partial charge in [0.05, 0.1) is 39.9 Å². The van der Waals surface area contributed by atoms with Gasteiger partial charge in [-0.2, -0.15) is 0 Å². The van der Waals surface area contributed by atoms with Crippen LogP contribution in [0.4, 0.5) is 5.69 Å². The second-order valence-electron chi connectivity index (χ2n) is 8.55. The van der Waals surface area contributed by atoms with Crippen LogP contribution < -0.4 is 10.2 Å². The van der Waals surface area contributed by atoms with Gasteiger partial charge in [-0.05, 0) is 49.6 Å². The molecule has 4 rings (SSSR count). The molecule has 9 heteroatoms. The smallest absolute Gasteiger partial charge is 0.338 e. The molecule has 178 valence electrons. The van der Waals surface area contributed by atoms with E-state index in [9.17, 15) is 19.2 Å². The van der Waals surface area contributed by atoms with Crippen LogP contribution in [-0.4, -0.2) is 41.1 Å². The average molecular weight is 503 g/mol. The minimum atomic E-state index is -0.684. The predicted molar refractivity (Wildman–Crippen MR) is 128 cm³/mol. The number of esters is 1. The number of carbonyl (C=O) groups is 4. The lowest BCUT2D eigenvalue weighted by Gasteiger charge is -2.28. The van der Waals surface area contributed by atoms with Gasteiger partial charge in [-0.25, -0.2) is 4.79 Å². The van der Waals surface area contributed by atoms with Crippen molar-refractivity contribution in [2.45, 2.75) is 36.6 Å². The number of anilines is 1. The van der Waals surface area contributed by atoms with Crippen molar-refractivity contribution in [1.82, 2.24) is 5.32 Å². The molecule has 0 aromatic heterocycles. The molecule has 1 aliphatic heterocycles.